The van der Waals surface area contributed by atoms with Crippen LogP contribution in [0.25, 0.3) is 0 Å². The summed E-state index contributed by atoms with van der Waals surface area (Å²) in [6, 6.07) is 7.79. The molecule has 1 aromatic heterocycles. The van der Waals surface area contributed by atoms with Gasteiger partial charge >= 0.3 is 0 Å². The van der Waals surface area contributed by atoms with Crippen molar-refractivity contribution < 1.29 is 4.79 Å². The Morgan fingerprint density at radius 3 is 2.57 bits per heavy atom. The highest BCUT2D eigenvalue weighted by Crippen LogP contribution is 2.27. The number of aromatic nitrogens is 2. The van der Waals surface area contributed by atoms with Crippen LogP contribution < -0.4 is 5.32 Å². The van der Waals surface area contributed by atoms with E-state index in [1.807, 2.05) is 13.8 Å². The molecule has 5 heteroatoms. The number of nitrogens with zero attached hydrogens (tertiary/aromatic N) is 3. The van der Waals surface area contributed by atoms with Crippen LogP contribution in [-0.4, -0.2) is 45.9 Å². The summed E-state index contributed by atoms with van der Waals surface area (Å²) in [6.45, 7) is 6.25. The second-order valence-electron chi connectivity index (χ2n) is 8.42. The van der Waals surface area contributed by atoms with Crippen molar-refractivity contribution in [3.63, 3.8) is 0 Å². The quantitative estimate of drug-likeness (QED) is 0.868. The van der Waals surface area contributed by atoms with E-state index in [1.54, 1.807) is 12.4 Å². The van der Waals surface area contributed by atoms with Crippen LogP contribution >= 0.6 is 0 Å². The first-order valence-corrected chi connectivity index (χ1v) is 10.5. The summed E-state index contributed by atoms with van der Waals surface area (Å²) in [5, 5.41) is 2.84. The molecule has 1 amide bonds. The van der Waals surface area contributed by atoms with Crippen molar-refractivity contribution in [2.24, 2.45) is 0 Å². The summed E-state index contributed by atoms with van der Waals surface area (Å²) in [5.41, 5.74) is 5.52. The predicted octanol–water partition coefficient (Wildman–Crippen LogP) is 3.16. The van der Waals surface area contributed by atoms with Crippen molar-refractivity contribution >= 4 is 5.91 Å². The summed E-state index contributed by atoms with van der Waals surface area (Å²) in [4.78, 5) is 23.4. The smallest absolute Gasteiger partial charge is 0.271 e. The first kappa shape index (κ1) is 19.1. The lowest BCUT2D eigenvalue weighted by Crippen LogP contribution is -2.41. The molecule has 1 saturated carbocycles. The second-order valence-corrected chi connectivity index (χ2v) is 8.42. The molecule has 0 unspecified atom stereocenters. The van der Waals surface area contributed by atoms with Crippen molar-refractivity contribution in [2.75, 3.05) is 13.1 Å². The Morgan fingerprint density at radius 2 is 1.93 bits per heavy atom. The van der Waals surface area contributed by atoms with E-state index in [0.717, 1.165) is 31.0 Å². The van der Waals surface area contributed by atoms with E-state index in [2.05, 4.69) is 38.4 Å². The average molecular weight is 379 g/mol. The Labute approximate surface area is 167 Å². The van der Waals surface area contributed by atoms with Crippen LogP contribution in [0.4, 0.5) is 0 Å². The first-order valence-electron chi connectivity index (χ1n) is 10.5. The standard InChI is InChI=1S/C23H30N4O/c1-16(2)26-23(28)22-15-24-20(14-25-22)13-17-6-7-18-8-10-27(21-4-3-5-21)11-9-19(18)12-17/h6-7,12,14-16,21H,3-5,8-11,13H2,1-2H3,(H,26,28). The molecule has 148 valence electrons. The molecule has 0 bridgehead atoms. The second kappa shape index (κ2) is 8.39. The van der Waals surface area contributed by atoms with Crippen LogP contribution in [0.15, 0.2) is 30.6 Å². The lowest BCUT2D eigenvalue weighted by Gasteiger charge is -2.36. The molecule has 1 aliphatic heterocycles. The Bertz CT molecular complexity index is 827. The maximum absolute atomic E-state index is 12.0. The van der Waals surface area contributed by atoms with Gasteiger partial charge in [-0.05, 0) is 56.2 Å². The Kier molecular flexibility index (Phi) is 5.72. The minimum atomic E-state index is -0.171. The molecule has 1 N–H and O–H groups in total. The lowest BCUT2D eigenvalue weighted by molar-refractivity contribution is 0.0937. The highest BCUT2D eigenvalue weighted by molar-refractivity contribution is 5.92. The molecule has 0 atom stereocenters. The van der Waals surface area contributed by atoms with Gasteiger partial charge in [-0.25, -0.2) is 4.98 Å². The number of rotatable bonds is 5. The van der Waals surface area contributed by atoms with Crippen LogP contribution in [0.1, 0.15) is 66.0 Å². The third-order valence-electron chi connectivity index (χ3n) is 5.94. The van der Waals surface area contributed by atoms with E-state index in [1.165, 1.54) is 49.0 Å². The Morgan fingerprint density at radius 1 is 1.14 bits per heavy atom. The van der Waals surface area contributed by atoms with Crippen LogP contribution in [0, 0.1) is 0 Å². The van der Waals surface area contributed by atoms with Crippen LogP contribution in [-0.2, 0) is 19.3 Å². The van der Waals surface area contributed by atoms with Gasteiger partial charge in [0.2, 0.25) is 0 Å². The molecule has 1 aromatic carbocycles. The molecule has 0 saturated heterocycles. The molecule has 0 spiro atoms. The van der Waals surface area contributed by atoms with E-state index in [4.69, 9.17) is 0 Å². The van der Waals surface area contributed by atoms with Crippen LogP contribution in [0.5, 0.6) is 0 Å². The zero-order valence-electron chi connectivity index (χ0n) is 16.9. The van der Waals surface area contributed by atoms with Gasteiger partial charge in [-0.1, -0.05) is 24.6 Å². The Balaban J connectivity index is 1.41. The molecule has 1 aliphatic carbocycles. The molecule has 5 nitrogen and oxygen atoms in total. The monoisotopic (exact) mass is 378 g/mol. The fourth-order valence-electron chi connectivity index (χ4n) is 4.13. The molecule has 0 radical (unpaired) electrons. The van der Waals surface area contributed by atoms with Crippen molar-refractivity contribution in [3.05, 3.63) is 58.7 Å². The number of fused-ring (bicyclic) bond motifs is 1. The fourth-order valence-corrected chi connectivity index (χ4v) is 4.13. The van der Waals surface area contributed by atoms with E-state index in [0.29, 0.717) is 5.69 Å². The number of amides is 1. The number of carbonyl (C=O) groups excluding carboxylic acids is 1. The summed E-state index contributed by atoms with van der Waals surface area (Å²) in [7, 11) is 0. The normalized spacial score (nSPS) is 17.7. The van der Waals surface area contributed by atoms with Gasteiger partial charge in [0.15, 0.2) is 0 Å². The minimum Gasteiger partial charge on any atom is -0.348 e. The SMILES string of the molecule is CC(C)NC(=O)c1cnc(Cc2ccc3c(c2)CCN(C2CCC2)CC3)cn1. The van der Waals surface area contributed by atoms with E-state index in [9.17, 15) is 4.79 Å². The molecule has 28 heavy (non-hydrogen) atoms. The van der Waals surface area contributed by atoms with E-state index >= 15 is 0 Å². The lowest BCUT2D eigenvalue weighted by atomic mass is 9.91. The van der Waals surface area contributed by atoms with Gasteiger partial charge in [0.05, 0.1) is 11.9 Å². The van der Waals surface area contributed by atoms with Gasteiger partial charge in [-0.2, -0.15) is 0 Å². The highest BCUT2D eigenvalue weighted by atomic mass is 16.1. The molecule has 1 fully saturated rings. The number of nitrogens with one attached hydrogen (secondary N) is 1. The summed E-state index contributed by atoms with van der Waals surface area (Å²) >= 11 is 0. The van der Waals surface area contributed by atoms with Crippen molar-refractivity contribution in [1.29, 1.82) is 0 Å². The maximum Gasteiger partial charge on any atom is 0.271 e. The number of hydrogen-bond donors (Lipinski definition) is 1. The van der Waals surface area contributed by atoms with E-state index < -0.39 is 0 Å². The zero-order chi connectivity index (χ0) is 19.5. The fraction of sp³-hybridized carbons (Fsp3) is 0.522. The van der Waals surface area contributed by atoms with Crippen molar-refractivity contribution in [3.8, 4) is 0 Å². The molecular weight excluding hydrogens is 348 g/mol. The largest absolute Gasteiger partial charge is 0.348 e. The van der Waals surface area contributed by atoms with E-state index in [-0.39, 0.29) is 11.9 Å². The molecule has 2 aliphatic rings. The summed E-state index contributed by atoms with van der Waals surface area (Å²) < 4.78 is 0. The molecule has 2 aromatic rings. The average Bonchev–Trinajstić information content (AvgIpc) is 2.83. The van der Waals surface area contributed by atoms with Gasteiger partial charge in [0, 0.05) is 37.8 Å². The highest BCUT2D eigenvalue weighted by Gasteiger charge is 2.26. The first-order chi connectivity index (χ1) is 13.6. The number of carbonyl (C=O) groups is 1. The summed E-state index contributed by atoms with van der Waals surface area (Å²) in [6.07, 6.45) is 10.5. The van der Waals surface area contributed by atoms with Crippen molar-refractivity contribution in [1.82, 2.24) is 20.2 Å². The third-order valence-corrected chi connectivity index (χ3v) is 5.94. The van der Waals surface area contributed by atoms with Gasteiger partial charge in [-0.15, -0.1) is 0 Å². The third kappa shape index (κ3) is 4.41. The van der Waals surface area contributed by atoms with Gasteiger partial charge in [-0.3, -0.25) is 14.7 Å². The van der Waals surface area contributed by atoms with Gasteiger partial charge in [0.25, 0.3) is 5.91 Å². The molecule has 4 rings (SSSR count). The maximum atomic E-state index is 12.0. The predicted molar refractivity (Wildman–Crippen MR) is 111 cm³/mol. The van der Waals surface area contributed by atoms with Gasteiger partial charge in [0.1, 0.15) is 5.69 Å². The van der Waals surface area contributed by atoms with Crippen LogP contribution in [0.2, 0.25) is 0 Å². The number of hydrogen-bond acceptors (Lipinski definition) is 4. The topological polar surface area (TPSA) is 58.1 Å². The number of benzene rings is 1. The minimum absolute atomic E-state index is 0.0915. The van der Waals surface area contributed by atoms with Crippen molar-refractivity contribution in [2.45, 2.75) is 64.5 Å². The summed E-state index contributed by atoms with van der Waals surface area (Å²) in [5.74, 6) is -0.171. The van der Waals surface area contributed by atoms with Gasteiger partial charge < -0.3 is 5.32 Å². The Hall–Kier alpha value is -2.27. The molecule has 2 heterocycles. The van der Waals surface area contributed by atoms with Crippen LogP contribution in [0.3, 0.4) is 0 Å². The molecular formula is C23H30N4O. The zero-order valence-corrected chi connectivity index (χ0v) is 16.9.